The topological polar surface area (TPSA) is 71.5 Å². The minimum absolute atomic E-state index is 0.0433. The van der Waals surface area contributed by atoms with Crippen LogP contribution in [0.4, 0.5) is 4.79 Å². The number of pyridine rings is 1. The Hall–Kier alpha value is -2.11. The molecule has 1 N–H and O–H groups in total. The second kappa shape index (κ2) is 7.47. The van der Waals surface area contributed by atoms with Gasteiger partial charge in [0.05, 0.1) is 7.11 Å². The maximum absolute atomic E-state index is 12.1. The molecule has 0 saturated heterocycles. The highest BCUT2D eigenvalue weighted by atomic mass is 16.5. The number of urea groups is 1. The molecule has 110 valence electrons. The van der Waals surface area contributed by atoms with Gasteiger partial charge in [-0.1, -0.05) is 19.9 Å². The molecule has 1 atom stereocenters. The third kappa shape index (κ3) is 4.53. The third-order valence-electron chi connectivity index (χ3n) is 2.89. The van der Waals surface area contributed by atoms with E-state index in [1.165, 1.54) is 12.0 Å². The molecule has 0 bridgehead atoms. The van der Waals surface area contributed by atoms with E-state index in [2.05, 4.69) is 10.3 Å². The zero-order valence-electron chi connectivity index (χ0n) is 12.3. The fourth-order valence-electron chi connectivity index (χ4n) is 1.71. The largest absolute Gasteiger partial charge is 0.467 e. The summed E-state index contributed by atoms with van der Waals surface area (Å²) in [6.07, 6.45) is 3.37. The number of esters is 1. The van der Waals surface area contributed by atoms with E-state index in [0.29, 0.717) is 6.54 Å². The standard InChI is InChI=1S/C14H21N3O3/c1-10(2)12(13(18)20-4)16-14(19)17(3)9-11-6-5-7-15-8-11/h5-8,10,12H,9H2,1-4H3,(H,16,19). The molecule has 6 heteroatoms. The number of hydrogen-bond acceptors (Lipinski definition) is 4. The smallest absolute Gasteiger partial charge is 0.328 e. The Morgan fingerprint density at radius 1 is 1.45 bits per heavy atom. The van der Waals surface area contributed by atoms with Crippen LogP contribution in [-0.4, -0.2) is 42.1 Å². The third-order valence-corrected chi connectivity index (χ3v) is 2.89. The first-order valence-corrected chi connectivity index (χ1v) is 6.44. The molecule has 1 heterocycles. The lowest BCUT2D eigenvalue weighted by molar-refractivity contribution is -0.144. The summed E-state index contributed by atoms with van der Waals surface area (Å²) in [7, 11) is 2.97. The average molecular weight is 279 g/mol. The molecule has 0 fully saturated rings. The van der Waals surface area contributed by atoms with Gasteiger partial charge >= 0.3 is 12.0 Å². The van der Waals surface area contributed by atoms with Gasteiger partial charge in [0.2, 0.25) is 0 Å². The maximum atomic E-state index is 12.1. The number of carbonyl (C=O) groups is 2. The van der Waals surface area contributed by atoms with Crippen molar-refractivity contribution in [2.24, 2.45) is 5.92 Å². The lowest BCUT2D eigenvalue weighted by Crippen LogP contribution is -2.49. The summed E-state index contributed by atoms with van der Waals surface area (Å²) < 4.78 is 4.69. The van der Waals surface area contributed by atoms with Crippen molar-refractivity contribution in [2.75, 3.05) is 14.2 Å². The Kier molecular flexibility index (Phi) is 5.96. The summed E-state index contributed by atoms with van der Waals surface area (Å²) in [5.74, 6) is -0.485. The van der Waals surface area contributed by atoms with Gasteiger partial charge < -0.3 is 15.0 Å². The lowest BCUT2D eigenvalue weighted by atomic mass is 10.1. The van der Waals surface area contributed by atoms with Gasteiger partial charge in [-0.2, -0.15) is 0 Å². The second-order valence-corrected chi connectivity index (χ2v) is 4.91. The van der Waals surface area contributed by atoms with Gasteiger partial charge in [0.15, 0.2) is 0 Å². The number of nitrogens with one attached hydrogen (secondary N) is 1. The molecular formula is C14H21N3O3. The van der Waals surface area contributed by atoms with Crippen molar-refractivity contribution in [3.8, 4) is 0 Å². The Bertz CT molecular complexity index is 448. The summed E-state index contributed by atoms with van der Waals surface area (Å²) in [4.78, 5) is 29.2. The number of aromatic nitrogens is 1. The van der Waals surface area contributed by atoms with Crippen LogP contribution in [0.15, 0.2) is 24.5 Å². The van der Waals surface area contributed by atoms with Crippen LogP contribution in [0.1, 0.15) is 19.4 Å². The number of carbonyl (C=O) groups excluding carboxylic acids is 2. The monoisotopic (exact) mass is 279 g/mol. The van der Waals surface area contributed by atoms with Gasteiger partial charge in [0, 0.05) is 26.0 Å². The molecule has 20 heavy (non-hydrogen) atoms. The molecule has 1 unspecified atom stereocenters. The summed E-state index contributed by atoms with van der Waals surface area (Å²) in [5.41, 5.74) is 0.921. The highest BCUT2D eigenvalue weighted by Crippen LogP contribution is 2.06. The predicted octanol–water partition coefficient (Wildman–Crippen LogP) is 1.42. The zero-order valence-corrected chi connectivity index (χ0v) is 12.3. The van der Waals surface area contributed by atoms with E-state index >= 15 is 0 Å². The molecule has 0 aliphatic carbocycles. The molecule has 0 saturated carbocycles. The Morgan fingerprint density at radius 3 is 2.65 bits per heavy atom. The fraction of sp³-hybridized carbons (Fsp3) is 0.500. The zero-order chi connectivity index (χ0) is 15.1. The van der Waals surface area contributed by atoms with Gasteiger partial charge in [-0.15, -0.1) is 0 Å². The quantitative estimate of drug-likeness (QED) is 0.827. The summed E-state index contributed by atoms with van der Waals surface area (Å²) in [5, 5.41) is 2.68. The first-order chi connectivity index (χ1) is 9.45. The molecule has 2 amide bonds. The van der Waals surface area contributed by atoms with Crippen LogP contribution in [0.25, 0.3) is 0 Å². The van der Waals surface area contributed by atoms with Crippen LogP contribution in [0.5, 0.6) is 0 Å². The van der Waals surface area contributed by atoms with Crippen molar-refractivity contribution in [3.63, 3.8) is 0 Å². The van der Waals surface area contributed by atoms with Crippen LogP contribution in [-0.2, 0) is 16.1 Å². The lowest BCUT2D eigenvalue weighted by Gasteiger charge is -2.24. The van der Waals surface area contributed by atoms with E-state index in [9.17, 15) is 9.59 Å². The van der Waals surface area contributed by atoms with E-state index < -0.39 is 12.0 Å². The van der Waals surface area contributed by atoms with Crippen LogP contribution in [0.2, 0.25) is 0 Å². The van der Waals surface area contributed by atoms with E-state index in [0.717, 1.165) is 5.56 Å². The highest BCUT2D eigenvalue weighted by molar-refractivity contribution is 5.83. The van der Waals surface area contributed by atoms with Gasteiger partial charge in [-0.05, 0) is 17.5 Å². The van der Waals surface area contributed by atoms with E-state index in [1.54, 1.807) is 19.4 Å². The summed E-state index contributed by atoms with van der Waals surface area (Å²) >= 11 is 0. The molecule has 1 rings (SSSR count). The first kappa shape index (κ1) is 15.9. The van der Waals surface area contributed by atoms with E-state index in [1.807, 2.05) is 26.0 Å². The molecule has 0 aliphatic rings. The van der Waals surface area contributed by atoms with Crippen molar-refractivity contribution in [3.05, 3.63) is 30.1 Å². The number of ether oxygens (including phenoxy) is 1. The van der Waals surface area contributed by atoms with Crippen molar-refractivity contribution in [2.45, 2.75) is 26.4 Å². The molecule has 0 aromatic carbocycles. The minimum atomic E-state index is -0.649. The van der Waals surface area contributed by atoms with Crippen molar-refractivity contribution >= 4 is 12.0 Å². The Labute approximate surface area is 119 Å². The predicted molar refractivity (Wildman–Crippen MR) is 74.9 cm³/mol. The second-order valence-electron chi connectivity index (χ2n) is 4.91. The van der Waals surface area contributed by atoms with Gasteiger partial charge in [0.25, 0.3) is 0 Å². The molecule has 0 spiro atoms. The Morgan fingerprint density at radius 2 is 2.15 bits per heavy atom. The van der Waals surface area contributed by atoms with Gasteiger partial charge in [0.1, 0.15) is 6.04 Å². The molecule has 0 aliphatic heterocycles. The van der Waals surface area contributed by atoms with Crippen LogP contribution in [0, 0.1) is 5.92 Å². The Balaban J connectivity index is 2.62. The normalized spacial score (nSPS) is 11.8. The van der Waals surface area contributed by atoms with Crippen molar-refractivity contribution in [1.82, 2.24) is 15.2 Å². The summed E-state index contributed by atoms with van der Waals surface area (Å²) in [6, 6.07) is 2.73. The van der Waals surface area contributed by atoms with Crippen LogP contribution < -0.4 is 5.32 Å². The highest BCUT2D eigenvalue weighted by Gasteiger charge is 2.26. The molecule has 6 nitrogen and oxygen atoms in total. The number of methoxy groups -OCH3 is 1. The van der Waals surface area contributed by atoms with Crippen molar-refractivity contribution < 1.29 is 14.3 Å². The number of hydrogen-bond donors (Lipinski definition) is 1. The van der Waals surface area contributed by atoms with E-state index in [4.69, 9.17) is 4.74 Å². The number of amides is 2. The average Bonchev–Trinajstić information content (AvgIpc) is 2.44. The van der Waals surface area contributed by atoms with Gasteiger partial charge in [-0.25, -0.2) is 9.59 Å². The number of rotatable bonds is 5. The minimum Gasteiger partial charge on any atom is -0.467 e. The van der Waals surface area contributed by atoms with Crippen molar-refractivity contribution in [1.29, 1.82) is 0 Å². The maximum Gasteiger partial charge on any atom is 0.328 e. The summed E-state index contributed by atoms with van der Waals surface area (Å²) in [6.45, 7) is 4.12. The van der Waals surface area contributed by atoms with Gasteiger partial charge in [-0.3, -0.25) is 4.98 Å². The molecule has 1 aromatic rings. The van der Waals surface area contributed by atoms with E-state index in [-0.39, 0.29) is 11.9 Å². The van der Waals surface area contributed by atoms with Crippen LogP contribution in [0.3, 0.4) is 0 Å². The SMILES string of the molecule is COC(=O)C(NC(=O)N(C)Cc1cccnc1)C(C)C. The molecule has 0 radical (unpaired) electrons. The fourth-order valence-corrected chi connectivity index (χ4v) is 1.71. The number of nitrogens with zero attached hydrogens (tertiary/aromatic N) is 2. The van der Waals surface area contributed by atoms with Crippen LogP contribution >= 0.6 is 0 Å². The first-order valence-electron chi connectivity index (χ1n) is 6.44. The molecule has 1 aromatic heterocycles. The molecular weight excluding hydrogens is 258 g/mol.